The summed E-state index contributed by atoms with van der Waals surface area (Å²) in [6.07, 6.45) is 1.69. The molecule has 0 aliphatic rings. The average Bonchev–Trinajstić information content (AvgIpc) is 2.28. The quantitative estimate of drug-likeness (QED) is 0.914. The molecule has 0 aliphatic heterocycles. The highest BCUT2D eigenvalue weighted by Crippen LogP contribution is 2.26. The Morgan fingerprint density at radius 2 is 2.29 bits per heavy atom. The van der Waals surface area contributed by atoms with Crippen molar-refractivity contribution in [2.45, 2.75) is 13.0 Å². The Bertz CT molecular complexity index is 571. The summed E-state index contributed by atoms with van der Waals surface area (Å²) in [6, 6.07) is 6.89. The van der Waals surface area contributed by atoms with Crippen molar-refractivity contribution in [1.29, 1.82) is 0 Å². The fourth-order valence-electron chi connectivity index (χ4n) is 1.56. The van der Waals surface area contributed by atoms with E-state index < -0.39 is 12.0 Å². The summed E-state index contributed by atoms with van der Waals surface area (Å²) >= 11 is 3.40. The molecule has 0 saturated carbocycles. The molecule has 0 bridgehead atoms. The van der Waals surface area contributed by atoms with Gasteiger partial charge in [-0.15, -0.1) is 0 Å². The molecule has 2 N–H and O–H groups in total. The van der Waals surface area contributed by atoms with Crippen molar-refractivity contribution in [3.05, 3.63) is 34.9 Å². The van der Waals surface area contributed by atoms with Gasteiger partial charge in [-0.25, -0.2) is 0 Å². The van der Waals surface area contributed by atoms with Gasteiger partial charge in [0.1, 0.15) is 6.04 Å². The van der Waals surface area contributed by atoms with E-state index in [4.69, 9.17) is 5.11 Å². The number of carbonyl (C=O) groups is 1. The molecule has 1 heterocycles. The average molecular weight is 295 g/mol. The Morgan fingerprint density at radius 1 is 1.53 bits per heavy atom. The summed E-state index contributed by atoms with van der Waals surface area (Å²) in [6.45, 7) is 1.60. The first-order valence-electron chi connectivity index (χ1n) is 5.11. The monoisotopic (exact) mass is 294 g/mol. The maximum absolute atomic E-state index is 10.8. The fraction of sp³-hybridized carbons (Fsp3) is 0.167. The number of nitrogens with zero attached hydrogens (tertiary/aromatic N) is 1. The van der Waals surface area contributed by atoms with Crippen LogP contribution in [0.4, 0.5) is 5.69 Å². The fourth-order valence-corrected chi connectivity index (χ4v) is 2.04. The number of aliphatic carboxylic acids is 1. The van der Waals surface area contributed by atoms with Crippen LogP contribution in [0.2, 0.25) is 0 Å². The molecule has 17 heavy (non-hydrogen) atoms. The van der Waals surface area contributed by atoms with Crippen LogP contribution in [-0.4, -0.2) is 22.1 Å². The number of anilines is 1. The second-order valence-corrected chi connectivity index (χ2v) is 4.65. The van der Waals surface area contributed by atoms with E-state index in [9.17, 15) is 4.79 Å². The zero-order valence-corrected chi connectivity index (χ0v) is 10.7. The van der Waals surface area contributed by atoms with E-state index in [2.05, 4.69) is 26.2 Å². The van der Waals surface area contributed by atoms with Gasteiger partial charge in [0.25, 0.3) is 0 Å². The maximum atomic E-state index is 10.8. The molecule has 0 fully saturated rings. The second kappa shape index (κ2) is 4.71. The predicted molar refractivity (Wildman–Crippen MR) is 70.2 cm³/mol. The number of halogens is 1. The van der Waals surface area contributed by atoms with Crippen LogP contribution < -0.4 is 5.32 Å². The van der Waals surface area contributed by atoms with E-state index in [0.29, 0.717) is 5.69 Å². The number of carboxylic acid groups (broad SMARTS) is 1. The van der Waals surface area contributed by atoms with Gasteiger partial charge in [-0.3, -0.25) is 9.78 Å². The smallest absolute Gasteiger partial charge is 0.325 e. The normalized spacial score (nSPS) is 12.4. The Labute approximate surface area is 107 Å². The lowest BCUT2D eigenvalue weighted by Gasteiger charge is -2.13. The van der Waals surface area contributed by atoms with Crippen molar-refractivity contribution in [1.82, 2.24) is 4.98 Å². The topological polar surface area (TPSA) is 62.2 Å². The zero-order chi connectivity index (χ0) is 12.4. The van der Waals surface area contributed by atoms with E-state index >= 15 is 0 Å². The first-order valence-corrected chi connectivity index (χ1v) is 5.91. The number of rotatable bonds is 3. The molecule has 5 heteroatoms. The van der Waals surface area contributed by atoms with Gasteiger partial charge in [0.15, 0.2) is 0 Å². The number of carboxylic acids is 1. The molecule has 1 unspecified atom stereocenters. The van der Waals surface area contributed by atoms with E-state index in [1.165, 1.54) is 0 Å². The van der Waals surface area contributed by atoms with Crippen LogP contribution in [0.5, 0.6) is 0 Å². The SMILES string of the molecule is CC(Nc1cc(Br)cc2cccnc12)C(=O)O. The van der Waals surface area contributed by atoms with Crippen LogP contribution in [0.15, 0.2) is 34.9 Å². The van der Waals surface area contributed by atoms with Gasteiger partial charge in [-0.2, -0.15) is 0 Å². The molecule has 1 atom stereocenters. The number of pyridine rings is 1. The summed E-state index contributed by atoms with van der Waals surface area (Å²) in [5.41, 5.74) is 1.48. The molecular weight excluding hydrogens is 284 g/mol. The third-order valence-electron chi connectivity index (χ3n) is 2.41. The van der Waals surface area contributed by atoms with E-state index in [-0.39, 0.29) is 0 Å². The highest BCUT2D eigenvalue weighted by molar-refractivity contribution is 9.10. The lowest BCUT2D eigenvalue weighted by Crippen LogP contribution is -2.25. The van der Waals surface area contributed by atoms with E-state index in [1.807, 2.05) is 24.3 Å². The minimum Gasteiger partial charge on any atom is -0.480 e. The summed E-state index contributed by atoms with van der Waals surface area (Å²) in [5.74, 6) is -0.894. The Kier molecular flexibility index (Phi) is 3.28. The van der Waals surface area contributed by atoms with Gasteiger partial charge in [-0.1, -0.05) is 22.0 Å². The molecule has 0 amide bonds. The Morgan fingerprint density at radius 3 is 3.00 bits per heavy atom. The van der Waals surface area contributed by atoms with E-state index in [1.54, 1.807) is 13.1 Å². The first kappa shape index (κ1) is 11.9. The Hall–Kier alpha value is -1.62. The van der Waals surface area contributed by atoms with Crippen LogP contribution in [0.3, 0.4) is 0 Å². The zero-order valence-electron chi connectivity index (χ0n) is 9.14. The third-order valence-corrected chi connectivity index (χ3v) is 2.87. The first-order chi connectivity index (χ1) is 8.08. The number of benzene rings is 1. The highest BCUT2D eigenvalue weighted by Gasteiger charge is 2.12. The second-order valence-electron chi connectivity index (χ2n) is 3.73. The van der Waals surface area contributed by atoms with Crippen molar-refractivity contribution in [3.63, 3.8) is 0 Å². The van der Waals surface area contributed by atoms with Crippen LogP contribution in [-0.2, 0) is 4.79 Å². The molecule has 0 aliphatic carbocycles. The molecule has 2 rings (SSSR count). The lowest BCUT2D eigenvalue weighted by molar-refractivity contribution is -0.137. The molecule has 1 aromatic heterocycles. The summed E-state index contributed by atoms with van der Waals surface area (Å²) in [4.78, 5) is 15.1. The molecule has 1 aromatic carbocycles. The van der Waals surface area contributed by atoms with Gasteiger partial charge in [0.2, 0.25) is 0 Å². The van der Waals surface area contributed by atoms with Gasteiger partial charge in [-0.05, 0) is 25.1 Å². The number of aromatic nitrogens is 1. The lowest BCUT2D eigenvalue weighted by atomic mass is 10.2. The molecule has 4 nitrogen and oxygen atoms in total. The van der Waals surface area contributed by atoms with E-state index in [0.717, 1.165) is 15.4 Å². The predicted octanol–water partition coefficient (Wildman–Crippen LogP) is 2.88. The van der Waals surface area contributed by atoms with Crippen molar-refractivity contribution in [2.24, 2.45) is 0 Å². The van der Waals surface area contributed by atoms with Crippen molar-refractivity contribution < 1.29 is 9.90 Å². The van der Waals surface area contributed by atoms with Gasteiger partial charge >= 0.3 is 5.97 Å². The van der Waals surface area contributed by atoms with Crippen molar-refractivity contribution >= 4 is 38.5 Å². The maximum Gasteiger partial charge on any atom is 0.325 e. The Balaban J connectivity index is 2.49. The number of hydrogen-bond donors (Lipinski definition) is 2. The minimum atomic E-state index is -0.894. The standard InChI is InChI=1S/C12H11BrN2O2/c1-7(12(16)17)15-10-6-9(13)5-8-3-2-4-14-11(8)10/h2-7,15H,1H3,(H,16,17). The summed E-state index contributed by atoms with van der Waals surface area (Å²) in [5, 5.41) is 12.8. The molecule has 0 saturated heterocycles. The highest BCUT2D eigenvalue weighted by atomic mass is 79.9. The molecule has 0 spiro atoms. The third kappa shape index (κ3) is 2.55. The van der Waals surface area contributed by atoms with Gasteiger partial charge in [0.05, 0.1) is 11.2 Å². The van der Waals surface area contributed by atoms with Gasteiger partial charge < -0.3 is 10.4 Å². The van der Waals surface area contributed by atoms with Crippen LogP contribution in [0.25, 0.3) is 10.9 Å². The van der Waals surface area contributed by atoms with Crippen LogP contribution in [0, 0.1) is 0 Å². The number of hydrogen-bond acceptors (Lipinski definition) is 3. The molecular formula is C12H11BrN2O2. The summed E-state index contributed by atoms with van der Waals surface area (Å²) < 4.78 is 0.887. The number of nitrogens with one attached hydrogen (secondary N) is 1. The van der Waals surface area contributed by atoms with Gasteiger partial charge in [0, 0.05) is 16.1 Å². The summed E-state index contributed by atoms with van der Waals surface area (Å²) in [7, 11) is 0. The minimum absolute atomic E-state index is 0.658. The van der Waals surface area contributed by atoms with Crippen LogP contribution >= 0.6 is 15.9 Å². The molecule has 88 valence electrons. The van der Waals surface area contributed by atoms with Crippen LogP contribution in [0.1, 0.15) is 6.92 Å². The molecule has 2 aromatic rings. The molecule has 0 radical (unpaired) electrons. The van der Waals surface area contributed by atoms with Crippen molar-refractivity contribution in [2.75, 3.05) is 5.32 Å². The van der Waals surface area contributed by atoms with Crippen molar-refractivity contribution in [3.8, 4) is 0 Å². The number of fused-ring (bicyclic) bond motifs is 1. The largest absolute Gasteiger partial charge is 0.480 e.